The Morgan fingerprint density at radius 1 is 0.846 bits per heavy atom. The molecule has 3 atom stereocenters. The van der Waals surface area contributed by atoms with Crippen LogP contribution in [0.5, 0.6) is 0 Å². The largest absolute Gasteiger partial charge is 0.474 e. The number of aromatic amines is 1. The van der Waals surface area contributed by atoms with Crippen molar-refractivity contribution in [2.45, 2.75) is 136 Å². The van der Waals surface area contributed by atoms with Crippen molar-refractivity contribution in [3.63, 3.8) is 0 Å². The van der Waals surface area contributed by atoms with Crippen molar-refractivity contribution >= 4 is 7.82 Å². The Kier molecular flexibility index (Phi) is 19.7. The van der Waals surface area contributed by atoms with E-state index in [0.717, 1.165) is 19.3 Å². The average Bonchev–Trinajstić information content (AvgIpc) is 2.92. The SMILES string of the molecule is CCCCCCCCCCCCCCCCOC(OC(CC)C(C)OP(=O)(OC)OC)n1ccc(=O)[nH]c1=O. The van der Waals surface area contributed by atoms with Crippen molar-refractivity contribution in [3.05, 3.63) is 33.1 Å². The lowest BCUT2D eigenvalue weighted by Gasteiger charge is -2.30. The predicted molar refractivity (Wildman–Crippen MR) is 154 cm³/mol. The van der Waals surface area contributed by atoms with Gasteiger partial charge in [0.1, 0.15) is 0 Å². The van der Waals surface area contributed by atoms with E-state index in [1.54, 1.807) is 6.92 Å². The zero-order valence-electron chi connectivity index (χ0n) is 24.9. The van der Waals surface area contributed by atoms with E-state index in [-0.39, 0.29) is 0 Å². The molecule has 1 heterocycles. The van der Waals surface area contributed by atoms with Gasteiger partial charge in [0.25, 0.3) is 5.56 Å². The zero-order chi connectivity index (χ0) is 28.9. The van der Waals surface area contributed by atoms with Crippen molar-refractivity contribution < 1.29 is 27.6 Å². The second kappa shape index (κ2) is 21.5. The molecule has 3 unspecified atom stereocenters. The van der Waals surface area contributed by atoms with Crippen molar-refractivity contribution in [3.8, 4) is 0 Å². The van der Waals surface area contributed by atoms with Gasteiger partial charge in [-0.2, -0.15) is 0 Å². The summed E-state index contributed by atoms with van der Waals surface area (Å²) in [6.45, 7) is 6.19. The van der Waals surface area contributed by atoms with E-state index >= 15 is 0 Å². The van der Waals surface area contributed by atoms with Crippen LogP contribution in [0.15, 0.2) is 21.9 Å². The number of nitrogens with one attached hydrogen (secondary N) is 1. The van der Waals surface area contributed by atoms with E-state index in [1.165, 1.54) is 102 Å². The molecule has 1 rings (SSSR count). The van der Waals surface area contributed by atoms with Crippen LogP contribution >= 0.6 is 7.82 Å². The molecule has 39 heavy (non-hydrogen) atoms. The Hall–Kier alpha value is -1.29. The van der Waals surface area contributed by atoms with Crippen molar-refractivity contribution in [1.29, 1.82) is 0 Å². The third-order valence-corrected chi connectivity index (χ3v) is 8.28. The van der Waals surface area contributed by atoms with E-state index in [2.05, 4.69) is 11.9 Å². The molecule has 10 nitrogen and oxygen atoms in total. The molecule has 0 saturated heterocycles. The summed E-state index contributed by atoms with van der Waals surface area (Å²) in [4.78, 5) is 26.2. The topological polar surface area (TPSA) is 118 Å². The highest BCUT2D eigenvalue weighted by Gasteiger charge is 2.32. The molecule has 0 aliphatic heterocycles. The first-order valence-electron chi connectivity index (χ1n) is 14.8. The van der Waals surface area contributed by atoms with Gasteiger partial charge in [-0.25, -0.2) is 9.36 Å². The molecule has 0 spiro atoms. The van der Waals surface area contributed by atoms with Crippen LogP contribution in [-0.4, -0.2) is 42.6 Å². The van der Waals surface area contributed by atoms with Crippen molar-refractivity contribution in [1.82, 2.24) is 9.55 Å². The summed E-state index contributed by atoms with van der Waals surface area (Å²) in [7, 11) is -1.25. The highest BCUT2D eigenvalue weighted by atomic mass is 31.2. The Morgan fingerprint density at radius 2 is 1.36 bits per heavy atom. The summed E-state index contributed by atoms with van der Waals surface area (Å²) >= 11 is 0. The summed E-state index contributed by atoms with van der Waals surface area (Å²) in [5.41, 5.74) is -1.15. The number of hydrogen-bond acceptors (Lipinski definition) is 8. The first-order chi connectivity index (χ1) is 18.8. The van der Waals surface area contributed by atoms with Gasteiger partial charge in [0.15, 0.2) is 0 Å². The highest BCUT2D eigenvalue weighted by Crippen LogP contribution is 2.49. The van der Waals surface area contributed by atoms with Gasteiger partial charge in [0.2, 0.25) is 6.41 Å². The molecule has 0 aliphatic carbocycles. The number of aromatic nitrogens is 2. The lowest BCUT2D eigenvalue weighted by atomic mass is 10.0. The molecule has 1 aromatic rings. The van der Waals surface area contributed by atoms with Crippen LogP contribution in [0, 0.1) is 0 Å². The van der Waals surface area contributed by atoms with Gasteiger partial charge in [0.05, 0.1) is 18.8 Å². The molecule has 0 fully saturated rings. The van der Waals surface area contributed by atoms with E-state index in [4.69, 9.17) is 23.0 Å². The maximum absolute atomic E-state index is 12.4. The fourth-order valence-corrected chi connectivity index (χ4v) is 5.24. The normalized spacial score (nSPS) is 14.4. The van der Waals surface area contributed by atoms with Crippen LogP contribution in [0.1, 0.15) is 123 Å². The molecule has 228 valence electrons. The third-order valence-electron chi connectivity index (χ3n) is 6.80. The number of phosphoric acid groups is 1. The Morgan fingerprint density at radius 3 is 1.82 bits per heavy atom. The molecule has 0 amide bonds. The molecule has 0 bridgehead atoms. The molecule has 0 aromatic carbocycles. The Bertz CT molecular complexity index is 898. The third kappa shape index (κ3) is 15.3. The van der Waals surface area contributed by atoms with Crippen LogP contribution in [0.2, 0.25) is 0 Å². The number of phosphoric ester groups is 1. The summed E-state index contributed by atoms with van der Waals surface area (Å²) in [5, 5.41) is 0. The second-order valence-corrected chi connectivity index (χ2v) is 11.8. The van der Waals surface area contributed by atoms with Crippen LogP contribution in [0.4, 0.5) is 0 Å². The van der Waals surface area contributed by atoms with Gasteiger partial charge < -0.3 is 9.47 Å². The summed E-state index contributed by atoms with van der Waals surface area (Å²) in [5.74, 6) is 0. The molecule has 1 aromatic heterocycles. The zero-order valence-corrected chi connectivity index (χ0v) is 25.8. The van der Waals surface area contributed by atoms with Gasteiger partial charge in [-0.05, 0) is 19.8 Å². The molecule has 11 heteroatoms. The first-order valence-corrected chi connectivity index (χ1v) is 16.2. The second-order valence-electron chi connectivity index (χ2n) is 10.00. The van der Waals surface area contributed by atoms with Crippen LogP contribution in [-0.2, 0) is 27.6 Å². The number of rotatable bonds is 25. The lowest BCUT2D eigenvalue weighted by molar-refractivity contribution is -0.233. The highest BCUT2D eigenvalue weighted by molar-refractivity contribution is 7.48. The average molecular weight is 577 g/mol. The minimum atomic E-state index is -3.73. The van der Waals surface area contributed by atoms with Gasteiger partial charge in [-0.1, -0.05) is 97.3 Å². The van der Waals surface area contributed by atoms with Crippen LogP contribution in [0.3, 0.4) is 0 Å². The molecule has 0 aliphatic rings. The fourth-order valence-electron chi connectivity index (χ4n) is 4.38. The van der Waals surface area contributed by atoms with Crippen molar-refractivity contribution in [2.24, 2.45) is 0 Å². The summed E-state index contributed by atoms with van der Waals surface area (Å²) in [6.07, 6.45) is 17.1. The van der Waals surface area contributed by atoms with E-state index in [0.29, 0.717) is 13.0 Å². The van der Waals surface area contributed by atoms with Crippen LogP contribution < -0.4 is 11.2 Å². The van der Waals surface area contributed by atoms with Gasteiger partial charge in [-0.3, -0.25) is 27.9 Å². The molecule has 0 saturated carbocycles. The van der Waals surface area contributed by atoms with Gasteiger partial charge in [0, 0.05) is 26.5 Å². The predicted octanol–water partition coefficient (Wildman–Crippen LogP) is 7.09. The molecular weight excluding hydrogens is 523 g/mol. The Labute approximate surface area is 234 Å². The smallest absolute Gasteiger partial charge is 0.335 e. The van der Waals surface area contributed by atoms with Crippen LogP contribution in [0.25, 0.3) is 0 Å². The summed E-state index contributed by atoms with van der Waals surface area (Å²) < 4.78 is 40.9. The standard InChI is InChI=1S/C28H53N2O8P/c1-6-8-9-10-11-12-13-14-15-16-17-18-19-20-23-36-28(30-22-21-26(31)29-27(30)32)37-25(7-2)24(3)38-39(33,34-4)35-5/h21-22,24-25,28H,6-20,23H2,1-5H3,(H,29,31,32). The maximum Gasteiger partial charge on any atom is 0.474 e. The van der Waals surface area contributed by atoms with Crippen molar-refractivity contribution in [2.75, 3.05) is 20.8 Å². The van der Waals surface area contributed by atoms with E-state index in [9.17, 15) is 14.2 Å². The van der Waals surface area contributed by atoms with E-state index in [1.807, 2.05) is 6.92 Å². The number of nitrogens with zero attached hydrogens (tertiary/aromatic N) is 1. The number of ether oxygens (including phenoxy) is 2. The van der Waals surface area contributed by atoms with Gasteiger partial charge in [-0.15, -0.1) is 0 Å². The summed E-state index contributed by atoms with van der Waals surface area (Å²) in [6, 6.07) is 1.23. The molecule has 1 N–H and O–H groups in total. The number of H-pyrrole nitrogens is 1. The lowest BCUT2D eigenvalue weighted by Crippen LogP contribution is -2.38. The maximum atomic E-state index is 12.4. The minimum Gasteiger partial charge on any atom is -0.335 e. The molecule has 0 radical (unpaired) electrons. The minimum absolute atomic E-state index is 0.384. The number of hydrogen-bond donors (Lipinski definition) is 1. The van der Waals surface area contributed by atoms with E-state index < -0.39 is 37.7 Å². The first kappa shape index (κ1) is 35.7. The number of unbranched alkanes of at least 4 members (excludes halogenated alkanes) is 13. The Balaban J connectivity index is 2.47. The molecular formula is C28H53N2O8P. The quantitative estimate of drug-likeness (QED) is 0.0744. The fraction of sp³-hybridized carbons (Fsp3) is 0.857. The van der Waals surface area contributed by atoms with Gasteiger partial charge >= 0.3 is 13.5 Å². The monoisotopic (exact) mass is 576 g/mol.